The Morgan fingerprint density at radius 2 is 1.84 bits per heavy atom. The van der Waals surface area contributed by atoms with Crippen molar-refractivity contribution < 1.29 is 13.6 Å². The van der Waals surface area contributed by atoms with E-state index >= 15 is 0 Å². The summed E-state index contributed by atoms with van der Waals surface area (Å²) in [5, 5.41) is 5.20. The molecule has 2 amide bonds. The number of anilines is 1. The van der Waals surface area contributed by atoms with Crippen LogP contribution < -0.4 is 16.4 Å². The van der Waals surface area contributed by atoms with E-state index in [1.54, 1.807) is 13.0 Å². The van der Waals surface area contributed by atoms with E-state index in [2.05, 4.69) is 17.6 Å². The average Bonchev–Trinajstić information content (AvgIpc) is 2.78. The number of hydrogen-bond donors (Lipinski definition) is 3. The second-order valence-corrected chi connectivity index (χ2v) is 7.91. The minimum absolute atomic E-state index is 0.0692. The fourth-order valence-electron chi connectivity index (χ4n) is 3.58. The average molecular weight is 432 g/mol. The topological polar surface area (TPSA) is 67.2 Å². The standard InChI is InChI=1S/C25H35F2N3O/c1-3-5-6-12-23(21(26)4-2)29-25(31)30-24-14-13-20(17-22(24)27)19-11-7-9-18(16-19)10-8-15-28/h7,9,11,13-14,16-17,21,23H,3-6,8,10,12,15,28H2,1-2H3,(H2,29,30,31). The first-order valence-electron chi connectivity index (χ1n) is 11.3. The lowest BCUT2D eigenvalue weighted by atomic mass is 10.0. The van der Waals surface area contributed by atoms with Crippen LogP contribution in [0.5, 0.6) is 0 Å². The van der Waals surface area contributed by atoms with Gasteiger partial charge in [0.05, 0.1) is 11.7 Å². The summed E-state index contributed by atoms with van der Waals surface area (Å²) >= 11 is 0. The van der Waals surface area contributed by atoms with Crippen molar-refractivity contribution >= 4 is 11.7 Å². The summed E-state index contributed by atoms with van der Waals surface area (Å²) in [6.45, 7) is 4.45. The van der Waals surface area contributed by atoms with Gasteiger partial charge in [-0.05, 0) is 61.1 Å². The van der Waals surface area contributed by atoms with E-state index < -0.39 is 24.1 Å². The molecule has 2 aromatic carbocycles. The Bertz CT molecular complexity index is 828. The molecule has 4 N–H and O–H groups in total. The maximum Gasteiger partial charge on any atom is 0.319 e. The van der Waals surface area contributed by atoms with Crippen LogP contribution >= 0.6 is 0 Å². The van der Waals surface area contributed by atoms with E-state index in [0.717, 1.165) is 48.8 Å². The number of benzene rings is 2. The fourth-order valence-corrected chi connectivity index (χ4v) is 3.58. The number of unbranched alkanes of at least 4 members (excludes halogenated alkanes) is 2. The highest BCUT2D eigenvalue weighted by Gasteiger charge is 2.21. The first-order valence-corrected chi connectivity index (χ1v) is 11.3. The Morgan fingerprint density at radius 3 is 2.52 bits per heavy atom. The molecule has 6 heteroatoms. The zero-order chi connectivity index (χ0) is 22.6. The zero-order valence-electron chi connectivity index (χ0n) is 18.6. The van der Waals surface area contributed by atoms with Gasteiger partial charge in [-0.25, -0.2) is 13.6 Å². The van der Waals surface area contributed by atoms with Crippen LogP contribution in [0.2, 0.25) is 0 Å². The van der Waals surface area contributed by atoms with E-state index in [-0.39, 0.29) is 5.69 Å². The molecule has 0 aromatic heterocycles. The van der Waals surface area contributed by atoms with E-state index in [1.165, 1.54) is 12.1 Å². The fraction of sp³-hybridized carbons (Fsp3) is 0.480. The van der Waals surface area contributed by atoms with Gasteiger partial charge < -0.3 is 16.4 Å². The van der Waals surface area contributed by atoms with Crippen molar-refractivity contribution in [3.05, 3.63) is 53.8 Å². The maximum atomic E-state index is 14.7. The zero-order valence-corrected chi connectivity index (χ0v) is 18.6. The lowest BCUT2D eigenvalue weighted by Crippen LogP contribution is -2.43. The number of rotatable bonds is 12. The summed E-state index contributed by atoms with van der Waals surface area (Å²) in [5.74, 6) is -0.533. The second-order valence-electron chi connectivity index (χ2n) is 7.91. The third kappa shape index (κ3) is 7.94. The predicted octanol–water partition coefficient (Wildman–Crippen LogP) is 6.20. The molecule has 2 unspecified atom stereocenters. The number of amides is 2. The van der Waals surface area contributed by atoms with E-state index in [4.69, 9.17) is 5.73 Å². The maximum absolute atomic E-state index is 14.7. The predicted molar refractivity (Wildman–Crippen MR) is 124 cm³/mol. The molecule has 0 radical (unpaired) electrons. The molecule has 2 atom stereocenters. The van der Waals surface area contributed by atoms with Crippen LogP contribution in [0.1, 0.15) is 57.9 Å². The first kappa shape index (κ1) is 24.8. The minimum atomic E-state index is -1.12. The molecular formula is C25H35F2N3O. The highest BCUT2D eigenvalue weighted by Crippen LogP contribution is 2.25. The van der Waals surface area contributed by atoms with Crippen molar-refractivity contribution in [3.63, 3.8) is 0 Å². The number of urea groups is 1. The molecule has 0 aliphatic rings. The van der Waals surface area contributed by atoms with E-state index in [0.29, 0.717) is 19.4 Å². The SMILES string of the molecule is CCCCCC(NC(=O)Nc1ccc(-c2cccc(CCCN)c2)cc1F)C(F)CC. The Balaban J connectivity index is 2.05. The van der Waals surface area contributed by atoms with Crippen molar-refractivity contribution in [1.29, 1.82) is 0 Å². The summed E-state index contributed by atoms with van der Waals surface area (Å²) in [7, 11) is 0. The lowest BCUT2D eigenvalue weighted by molar-refractivity contribution is 0.215. The normalized spacial score (nSPS) is 12.9. The number of carbonyl (C=O) groups excluding carboxylic acids is 1. The first-order chi connectivity index (χ1) is 15.0. The molecule has 31 heavy (non-hydrogen) atoms. The van der Waals surface area contributed by atoms with Crippen molar-refractivity contribution in [2.45, 2.75) is 71.0 Å². The molecule has 0 saturated heterocycles. The Morgan fingerprint density at radius 1 is 1.06 bits per heavy atom. The smallest absolute Gasteiger partial charge is 0.319 e. The lowest BCUT2D eigenvalue weighted by Gasteiger charge is -2.22. The highest BCUT2D eigenvalue weighted by atomic mass is 19.1. The molecule has 0 aliphatic heterocycles. The molecule has 0 heterocycles. The van der Waals surface area contributed by atoms with Crippen LogP contribution in [0.4, 0.5) is 19.3 Å². The summed E-state index contributed by atoms with van der Waals surface area (Å²) in [5.41, 5.74) is 8.43. The summed E-state index contributed by atoms with van der Waals surface area (Å²) in [6.07, 6.45) is 4.39. The highest BCUT2D eigenvalue weighted by molar-refractivity contribution is 5.90. The van der Waals surface area contributed by atoms with E-state index in [9.17, 15) is 13.6 Å². The molecule has 0 fully saturated rings. The molecule has 170 valence electrons. The third-order valence-corrected chi connectivity index (χ3v) is 5.41. The van der Waals surface area contributed by atoms with Gasteiger partial charge in [-0.15, -0.1) is 0 Å². The van der Waals surface area contributed by atoms with Gasteiger partial charge in [-0.3, -0.25) is 0 Å². The molecule has 2 rings (SSSR count). The molecule has 4 nitrogen and oxygen atoms in total. The molecule has 2 aromatic rings. The van der Waals surface area contributed by atoms with Gasteiger partial charge in [-0.2, -0.15) is 0 Å². The number of nitrogens with two attached hydrogens (primary N) is 1. The summed E-state index contributed by atoms with van der Waals surface area (Å²) in [4.78, 5) is 12.4. The van der Waals surface area contributed by atoms with Crippen molar-refractivity contribution in [3.8, 4) is 11.1 Å². The number of halogens is 2. The number of nitrogens with one attached hydrogen (secondary N) is 2. The van der Waals surface area contributed by atoms with Crippen LogP contribution in [-0.4, -0.2) is 24.8 Å². The van der Waals surface area contributed by atoms with Gasteiger partial charge in [0, 0.05) is 0 Å². The van der Waals surface area contributed by atoms with Gasteiger partial charge in [0.15, 0.2) is 0 Å². The van der Waals surface area contributed by atoms with Gasteiger partial charge in [0.2, 0.25) is 0 Å². The monoisotopic (exact) mass is 431 g/mol. The molecule has 0 bridgehead atoms. The van der Waals surface area contributed by atoms with Gasteiger partial charge in [0.1, 0.15) is 12.0 Å². The van der Waals surface area contributed by atoms with Crippen LogP contribution in [0, 0.1) is 5.82 Å². The van der Waals surface area contributed by atoms with Crippen LogP contribution in [0.3, 0.4) is 0 Å². The second kappa shape index (κ2) is 13.1. The van der Waals surface area contributed by atoms with Crippen LogP contribution in [0.15, 0.2) is 42.5 Å². The number of aryl methyl sites for hydroxylation is 1. The Labute approximate surface area is 184 Å². The van der Waals surface area contributed by atoms with Gasteiger partial charge >= 0.3 is 6.03 Å². The summed E-state index contributed by atoms with van der Waals surface area (Å²) in [6, 6.07) is 11.5. The molecule has 0 aliphatic carbocycles. The number of hydrogen-bond acceptors (Lipinski definition) is 2. The Kier molecular flexibility index (Phi) is 10.4. The minimum Gasteiger partial charge on any atom is -0.332 e. The van der Waals surface area contributed by atoms with Crippen molar-refractivity contribution in [2.75, 3.05) is 11.9 Å². The van der Waals surface area contributed by atoms with Gasteiger partial charge in [0.25, 0.3) is 0 Å². The third-order valence-electron chi connectivity index (χ3n) is 5.41. The Hall–Kier alpha value is -2.47. The molecule has 0 saturated carbocycles. The van der Waals surface area contributed by atoms with Gasteiger partial charge in [-0.1, -0.05) is 63.4 Å². The van der Waals surface area contributed by atoms with Crippen molar-refractivity contribution in [1.82, 2.24) is 5.32 Å². The quantitative estimate of drug-likeness (QED) is 0.350. The summed E-state index contributed by atoms with van der Waals surface area (Å²) < 4.78 is 28.9. The van der Waals surface area contributed by atoms with E-state index in [1.807, 2.05) is 24.3 Å². The van der Waals surface area contributed by atoms with Crippen LogP contribution in [0.25, 0.3) is 11.1 Å². The number of alkyl halides is 1. The largest absolute Gasteiger partial charge is 0.332 e. The molecular weight excluding hydrogens is 396 g/mol. The van der Waals surface area contributed by atoms with Crippen molar-refractivity contribution in [2.24, 2.45) is 5.73 Å². The molecule has 0 spiro atoms. The van der Waals surface area contributed by atoms with Crippen LogP contribution in [-0.2, 0) is 6.42 Å². The number of carbonyl (C=O) groups is 1.